The van der Waals surface area contributed by atoms with Crippen LogP contribution in [0.15, 0.2) is 6.07 Å². The van der Waals surface area contributed by atoms with Gasteiger partial charge < -0.3 is 11.1 Å². The lowest BCUT2D eigenvalue weighted by atomic mass is 10.2. The molecule has 0 aromatic carbocycles. The second-order valence-electron chi connectivity index (χ2n) is 3.90. The van der Waals surface area contributed by atoms with Crippen LogP contribution < -0.4 is 11.1 Å². The van der Waals surface area contributed by atoms with Gasteiger partial charge >= 0.3 is 0 Å². The Balaban J connectivity index is 2.07. The Morgan fingerprint density at radius 3 is 3.07 bits per heavy atom. The lowest BCUT2D eigenvalue weighted by molar-refractivity contribution is 0.0949. The fraction of sp³-hybridized carbons (Fsp3) is 0.600. The molecule has 5 nitrogen and oxygen atoms in total. The van der Waals surface area contributed by atoms with Crippen LogP contribution in [0, 0.1) is 0 Å². The molecule has 1 amide bonds. The van der Waals surface area contributed by atoms with E-state index < -0.39 is 0 Å². The number of amides is 1. The monoisotopic (exact) mass is 208 g/mol. The molecule has 0 saturated heterocycles. The second-order valence-corrected chi connectivity index (χ2v) is 3.90. The number of aromatic nitrogens is 2. The van der Waals surface area contributed by atoms with E-state index in [2.05, 4.69) is 10.4 Å². The van der Waals surface area contributed by atoms with Crippen LogP contribution in [-0.4, -0.2) is 28.8 Å². The molecule has 0 radical (unpaired) electrons. The van der Waals surface area contributed by atoms with E-state index in [9.17, 15) is 4.79 Å². The zero-order valence-corrected chi connectivity index (χ0v) is 8.86. The van der Waals surface area contributed by atoms with Crippen LogP contribution in [0.2, 0.25) is 0 Å². The average molecular weight is 208 g/mol. The number of nitrogens with zero attached hydrogens (tertiary/aromatic N) is 2. The highest BCUT2D eigenvalue weighted by Gasteiger charge is 2.28. The minimum atomic E-state index is -0.136. The van der Waals surface area contributed by atoms with Crippen molar-refractivity contribution in [2.45, 2.75) is 18.8 Å². The molecule has 0 aliphatic heterocycles. The highest BCUT2D eigenvalue weighted by atomic mass is 16.1. The Bertz CT molecular complexity index is 367. The molecule has 0 atom stereocenters. The number of rotatable bonds is 4. The summed E-state index contributed by atoms with van der Waals surface area (Å²) in [5.41, 5.74) is 6.96. The summed E-state index contributed by atoms with van der Waals surface area (Å²) in [5.74, 6) is 0.474. The van der Waals surface area contributed by atoms with Gasteiger partial charge in [-0.25, -0.2) is 0 Å². The number of aryl methyl sites for hydroxylation is 1. The Hall–Kier alpha value is -1.36. The minimum Gasteiger partial charge on any atom is -0.349 e. The molecule has 0 spiro atoms. The van der Waals surface area contributed by atoms with Gasteiger partial charge in [-0.3, -0.25) is 9.48 Å². The van der Waals surface area contributed by atoms with Crippen molar-refractivity contribution in [1.29, 1.82) is 0 Å². The largest absolute Gasteiger partial charge is 0.349 e. The van der Waals surface area contributed by atoms with Gasteiger partial charge in [-0.2, -0.15) is 5.10 Å². The molecule has 82 valence electrons. The predicted octanol–water partition coefficient (Wildman–Crippen LogP) is -0.0140. The molecule has 3 N–H and O–H groups in total. The van der Waals surface area contributed by atoms with Gasteiger partial charge in [-0.05, 0) is 18.9 Å². The third kappa shape index (κ3) is 2.18. The standard InChI is InChI=1S/C10H16N4O/c1-14-9(7-2-3-7)6-8(13-14)10(15)12-5-4-11/h6-7H,2-5,11H2,1H3,(H,12,15). The van der Waals surface area contributed by atoms with Crippen LogP contribution in [0.25, 0.3) is 0 Å². The maximum Gasteiger partial charge on any atom is 0.271 e. The molecular weight excluding hydrogens is 192 g/mol. The first kappa shape index (κ1) is 10.2. The molecule has 1 aromatic rings. The smallest absolute Gasteiger partial charge is 0.271 e. The van der Waals surface area contributed by atoms with Crippen LogP contribution >= 0.6 is 0 Å². The van der Waals surface area contributed by atoms with Gasteiger partial charge in [0.1, 0.15) is 5.69 Å². The van der Waals surface area contributed by atoms with Crippen LogP contribution in [0.3, 0.4) is 0 Å². The fourth-order valence-electron chi connectivity index (χ4n) is 1.63. The zero-order valence-electron chi connectivity index (χ0n) is 8.86. The summed E-state index contributed by atoms with van der Waals surface area (Å²) in [6.07, 6.45) is 2.42. The van der Waals surface area contributed by atoms with Crippen LogP contribution in [0.1, 0.15) is 34.9 Å². The molecule has 0 bridgehead atoms. The first-order valence-corrected chi connectivity index (χ1v) is 5.24. The van der Waals surface area contributed by atoms with Gasteiger partial charge in [0, 0.05) is 31.7 Å². The maximum atomic E-state index is 11.6. The number of carbonyl (C=O) groups is 1. The quantitative estimate of drug-likeness (QED) is 0.730. The third-order valence-corrected chi connectivity index (χ3v) is 2.57. The van der Waals surface area contributed by atoms with Crippen LogP contribution in [-0.2, 0) is 7.05 Å². The lowest BCUT2D eigenvalue weighted by Gasteiger charge is -1.98. The predicted molar refractivity (Wildman–Crippen MR) is 56.6 cm³/mol. The number of carbonyl (C=O) groups excluding carboxylic acids is 1. The van der Waals surface area contributed by atoms with E-state index in [4.69, 9.17) is 5.73 Å². The van der Waals surface area contributed by atoms with Gasteiger partial charge in [0.15, 0.2) is 0 Å². The highest BCUT2D eigenvalue weighted by molar-refractivity contribution is 5.92. The van der Waals surface area contributed by atoms with Crippen molar-refractivity contribution >= 4 is 5.91 Å². The topological polar surface area (TPSA) is 72.9 Å². The summed E-state index contributed by atoms with van der Waals surface area (Å²) < 4.78 is 1.80. The Labute approximate surface area is 88.6 Å². The van der Waals surface area contributed by atoms with E-state index in [0.29, 0.717) is 24.7 Å². The highest BCUT2D eigenvalue weighted by Crippen LogP contribution is 2.39. The van der Waals surface area contributed by atoms with Crippen LogP contribution in [0.5, 0.6) is 0 Å². The SMILES string of the molecule is Cn1nc(C(=O)NCCN)cc1C1CC1. The summed E-state index contributed by atoms with van der Waals surface area (Å²) in [4.78, 5) is 11.6. The molecule has 1 aliphatic rings. The summed E-state index contributed by atoms with van der Waals surface area (Å²) >= 11 is 0. The molecule has 1 heterocycles. The summed E-state index contributed by atoms with van der Waals surface area (Å²) in [5, 5.41) is 6.90. The summed E-state index contributed by atoms with van der Waals surface area (Å²) in [6.45, 7) is 0.947. The van der Waals surface area contributed by atoms with E-state index in [0.717, 1.165) is 5.69 Å². The van der Waals surface area contributed by atoms with Gasteiger partial charge in [-0.15, -0.1) is 0 Å². The van der Waals surface area contributed by atoms with Gasteiger partial charge in [-0.1, -0.05) is 0 Å². The molecule has 1 aliphatic carbocycles. The molecule has 1 aromatic heterocycles. The molecule has 5 heteroatoms. The third-order valence-electron chi connectivity index (χ3n) is 2.57. The number of hydrogen-bond donors (Lipinski definition) is 2. The first-order valence-electron chi connectivity index (χ1n) is 5.24. The summed E-state index contributed by atoms with van der Waals surface area (Å²) in [7, 11) is 1.88. The van der Waals surface area contributed by atoms with Gasteiger partial charge in [0.25, 0.3) is 5.91 Å². The molecule has 1 fully saturated rings. The Morgan fingerprint density at radius 1 is 1.73 bits per heavy atom. The molecule has 15 heavy (non-hydrogen) atoms. The fourth-order valence-corrected chi connectivity index (χ4v) is 1.63. The Morgan fingerprint density at radius 2 is 2.47 bits per heavy atom. The average Bonchev–Trinajstić information content (AvgIpc) is 2.99. The molecular formula is C10H16N4O. The molecule has 1 saturated carbocycles. The van der Waals surface area contributed by atoms with Crippen molar-refractivity contribution in [3.8, 4) is 0 Å². The van der Waals surface area contributed by atoms with Crippen molar-refractivity contribution in [1.82, 2.24) is 15.1 Å². The Kier molecular flexibility index (Phi) is 2.73. The van der Waals surface area contributed by atoms with Gasteiger partial charge in [0.2, 0.25) is 0 Å². The van der Waals surface area contributed by atoms with Crippen molar-refractivity contribution in [3.63, 3.8) is 0 Å². The van der Waals surface area contributed by atoms with E-state index in [-0.39, 0.29) is 5.91 Å². The van der Waals surface area contributed by atoms with E-state index in [1.54, 1.807) is 4.68 Å². The first-order chi connectivity index (χ1) is 7.22. The van der Waals surface area contributed by atoms with E-state index >= 15 is 0 Å². The van der Waals surface area contributed by atoms with Crippen molar-refractivity contribution < 1.29 is 4.79 Å². The van der Waals surface area contributed by atoms with Crippen molar-refractivity contribution in [2.24, 2.45) is 12.8 Å². The second kappa shape index (κ2) is 4.02. The molecule has 2 rings (SSSR count). The summed E-state index contributed by atoms with van der Waals surface area (Å²) in [6, 6.07) is 1.88. The number of nitrogens with two attached hydrogens (primary N) is 1. The van der Waals surface area contributed by atoms with Gasteiger partial charge in [0.05, 0.1) is 0 Å². The zero-order chi connectivity index (χ0) is 10.8. The number of nitrogens with one attached hydrogen (secondary N) is 1. The van der Waals surface area contributed by atoms with Crippen LogP contribution in [0.4, 0.5) is 0 Å². The van der Waals surface area contributed by atoms with E-state index in [1.165, 1.54) is 12.8 Å². The normalized spacial score (nSPS) is 15.3. The minimum absolute atomic E-state index is 0.136. The lowest BCUT2D eigenvalue weighted by Crippen LogP contribution is -2.29. The maximum absolute atomic E-state index is 11.6. The van der Waals surface area contributed by atoms with Crippen molar-refractivity contribution in [3.05, 3.63) is 17.5 Å². The number of hydrogen-bond acceptors (Lipinski definition) is 3. The van der Waals surface area contributed by atoms with E-state index in [1.807, 2.05) is 13.1 Å². The van der Waals surface area contributed by atoms with Crippen molar-refractivity contribution in [2.75, 3.05) is 13.1 Å². The molecule has 0 unspecified atom stereocenters.